The third kappa shape index (κ3) is 3.28. The van der Waals surface area contributed by atoms with Gasteiger partial charge in [-0.1, -0.05) is 18.2 Å². The smallest absolute Gasteiger partial charge is 0.264 e. The lowest BCUT2D eigenvalue weighted by Gasteiger charge is -2.33. The van der Waals surface area contributed by atoms with E-state index < -0.39 is 0 Å². The Bertz CT molecular complexity index is 833. The first kappa shape index (κ1) is 16.6. The quantitative estimate of drug-likeness (QED) is 0.877. The number of rotatable bonds is 3. The lowest BCUT2D eigenvalue weighted by Crippen LogP contribution is -3.13. The summed E-state index contributed by atoms with van der Waals surface area (Å²) in [7, 11) is 0. The summed E-state index contributed by atoms with van der Waals surface area (Å²) in [6, 6.07) is 14.5. The Morgan fingerprint density at radius 2 is 1.93 bits per heavy atom. The molecule has 0 saturated carbocycles. The summed E-state index contributed by atoms with van der Waals surface area (Å²) in [4.78, 5) is 16.4. The highest BCUT2D eigenvalue weighted by molar-refractivity contribution is 5.82. The van der Waals surface area contributed by atoms with Crippen molar-refractivity contribution >= 4 is 5.91 Å². The number of piperazine rings is 1. The molecule has 5 nitrogen and oxygen atoms in total. The van der Waals surface area contributed by atoms with Crippen LogP contribution in [0.3, 0.4) is 0 Å². The van der Waals surface area contributed by atoms with Crippen LogP contribution in [0.15, 0.2) is 42.5 Å². The first-order valence-corrected chi connectivity index (χ1v) is 9.88. The van der Waals surface area contributed by atoms with Crippen LogP contribution in [-0.2, 0) is 24.2 Å². The second-order valence-electron chi connectivity index (χ2n) is 7.71. The normalized spacial score (nSPS) is 21.3. The molecule has 2 aromatic rings. The van der Waals surface area contributed by atoms with Crippen molar-refractivity contribution in [2.45, 2.75) is 25.5 Å². The summed E-state index contributed by atoms with van der Waals surface area (Å²) in [5.41, 5.74) is 3.84. The molecule has 3 aliphatic rings. The first-order chi connectivity index (χ1) is 13.3. The van der Waals surface area contributed by atoms with E-state index in [-0.39, 0.29) is 12.0 Å². The van der Waals surface area contributed by atoms with Gasteiger partial charge in [-0.3, -0.25) is 4.79 Å². The summed E-state index contributed by atoms with van der Waals surface area (Å²) >= 11 is 0. The maximum atomic E-state index is 12.8. The molecule has 1 saturated heterocycles. The molecule has 3 aliphatic heterocycles. The van der Waals surface area contributed by atoms with Gasteiger partial charge in [0.15, 0.2) is 6.10 Å². The predicted molar refractivity (Wildman–Crippen MR) is 101 cm³/mol. The number of amides is 1. The van der Waals surface area contributed by atoms with Crippen molar-refractivity contribution in [2.75, 3.05) is 32.8 Å². The van der Waals surface area contributed by atoms with E-state index in [4.69, 9.17) is 9.47 Å². The maximum absolute atomic E-state index is 12.8. The van der Waals surface area contributed by atoms with Crippen molar-refractivity contribution in [3.8, 4) is 11.5 Å². The second kappa shape index (κ2) is 6.89. The third-order valence-electron chi connectivity index (χ3n) is 5.91. The van der Waals surface area contributed by atoms with Gasteiger partial charge in [-0.2, -0.15) is 0 Å². The van der Waals surface area contributed by atoms with Crippen LogP contribution in [0, 0.1) is 0 Å². The molecular formula is C22H25N2O3+. The molecule has 1 fully saturated rings. The van der Waals surface area contributed by atoms with E-state index >= 15 is 0 Å². The number of hydrogen-bond acceptors (Lipinski definition) is 3. The summed E-state index contributed by atoms with van der Waals surface area (Å²) < 4.78 is 11.5. The molecule has 2 aromatic carbocycles. The summed E-state index contributed by atoms with van der Waals surface area (Å²) in [6.45, 7) is 5.40. The minimum Gasteiger partial charge on any atom is -0.493 e. The van der Waals surface area contributed by atoms with Crippen molar-refractivity contribution in [3.63, 3.8) is 0 Å². The standard InChI is InChI=1S/C22H24N2O3/c25-22(21-14-17-3-1-2-4-20(17)27-21)24-10-8-23(9-11-24)15-16-5-6-19-18(13-16)7-12-26-19/h1-6,13,21H,7-12,14-15H2/p+1/t21-/m1/s1. The SMILES string of the molecule is O=C([C@H]1Cc2ccccc2O1)N1CC[NH+](Cc2ccc3c(c2)CCO3)CC1. The Hall–Kier alpha value is -2.53. The van der Waals surface area contributed by atoms with Crippen molar-refractivity contribution in [1.82, 2.24) is 4.90 Å². The fraction of sp³-hybridized carbons (Fsp3) is 0.409. The van der Waals surface area contributed by atoms with Crippen molar-refractivity contribution < 1.29 is 19.2 Å². The van der Waals surface area contributed by atoms with E-state index in [1.165, 1.54) is 16.0 Å². The fourth-order valence-corrected chi connectivity index (χ4v) is 4.38. The number of carbonyl (C=O) groups is 1. The van der Waals surface area contributed by atoms with Gasteiger partial charge in [0.25, 0.3) is 5.91 Å². The number of benzene rings is 2. The maximum Gasteiger partial charge on any atom is 0.264 e. The fourth-order valence-electron chi connectivity index (χ4n) is 4.38. The molecule has 0 bridgehead atoms. The van der Waals surface area contributed by atoms with Gasteiger partial charge in [0.2, 0.25) is 0 Å². The Balaban J connectivity index is 1.16. The molecule has 140 valence electrons. The molecule has 0 spiro atoms. The van der Waals surface area contributed by atoms with Gasteiger partial charge in [0.1, 0.15) is 18.0 Å². The van der Waals surface area contributed by atoms with Crippen LogP contribution in [0.25, 0.3) is 0 Å². The minimum absolute atomic E-state index is 0.139. The van der Waals surface area contributed by atoms with Gasteiger partial charge in [0, 0.05) is 18.4 Å². The van der Waals surface area contributed by atoms with Gasteiger partial charge < -0.3 is 19.3 Å². The summed E-state index contributed by atoms with van der Waals surface area (Å²) in [5, 5.41) is 0. The average molecular weight is 365 g/mol. The molecule has 0 aliphatic carbocycles. The van der Waals surface area contributed by atoms with Crippen LogP contribution in [0.5, 0.6) is 11.5 Å². The van der Waals surface area contributed by atoms with Crippen LogP contribution in [0.1, 0.15) is 16.7 Å². The monoisotopic (exact) mass is 365 g/mol. The predicted octanol–water partition coefficient (Wildman–Crippen LogP) is 0.852. The molecule has 1 amide bonds. The van der Waals surface area contributed by atoms with Gasteiger partial charge in [-0.05, 0) is 35.4 Å². The topological polar surface area (TPSA) is 43.2 Å². The zero-order valence-corrected chi connectivity index (χ0v) is 15.4. The molecule has 0 radical (unpaired) electrons. The highest BCUT2D eigenvalue weighted by Gasteiger charge is 2.34. The lowest BCUT2D eigenvalue weighted by molar-refractivity contribution is -0.917. The van der Waals surface area contributed by atoms with Crippen LogP contribution in [-0.4, -0.2) is 49.7 Å². The van der Waals surface area contributed by atoms with Crippen molar-refractivity contribution in [3.05, 3.63) is 59.2 Å². The van der Waals surface area contributed by atoms with Gasteiger partial charge >= 0.3 is 0 Å². The average Bonchev–Trinajstić information content (AvgIpc) is 3.34. The Labute approximate surface area is 159 Å². The van der Waals surface area contributed by atoms with Gasteiger partial charge in [0.05, 0.1) is 32.8 Å². The first-order valence-electron chi connectivity index (χ1n) is 9.88. The molecule has 27 heavy (non-hydrogen) atoms. The van der Waals surface area contributed by atoms with E-state index in [0.717, 1.165) is 62.8 Å². The Kier molecular flexibility index (Phi) is 4.24. The van der Waals surface area contributed by atoms with Crippen LogP contribution >= 0.6 is 0 Å². The zero-order valence-electron chi connectivity index (χ0n) is 15.4. The number of para-hydroxylation sites is 1. The number of fused-ring (bicyclic) bond motifs is 2. The third-order valence-corrected chi connectivity index (χ3v) is 5.91. The largest absolute Gasteiger partial charge is 0.493 e. The number of nitrogens with zero attached hydrogens (tertiary/aromatic N) is 1. The number of ether oxygens (including phenoxy) is 2. The molecule has 5 heteroatoms. The van der Waals surface area contributed by atoms with E-state index in [0.29, 0.717) is 6.42 Å². The summed E-state index contributed by atoms with van der Waals surface area (Å²) in [5.74, 6) is 2.04. The van der Waals surface area contributed by atoms with E-state index in [1.807, 2.05) is 29.2 Å². The van der Waals surface area contributed by atoms with Crippen molar-refractivity contribution in [1.29, 1.82) is 0 Å². The van der Waals surface area contributed by atoms with Crippen LogP contribution in [0.2, 0.25) is 0 Å². The second-order valence-corrected chi connectivity index (χ2v) is 7.71. The number of hydrogen-bond donors (Lipinski definition) is 1. The van der Waals surface area contributed by atoms with Gasteiger partial charge in [-0.25, -0.2) is 0 Å². The molecule has 1 atom stereocenters. The van der Waals surface area contributed by atoms with Crippen LogP contribution in [0.4, 0.5) is 0 Å². The highest BCUT2D eigenvalue weighted by Crippen LogP contribution is 2.29. The van der Waals surface area contributed by atoms with Crippen LogP contribution < -0.4 is 14.4 Å². The number of nitrogens with one attached hydrogen (secondary N) is 1. The summed E-state index contributed by atoms with van der Waals surface area (Å²) in [6.07, 6.45) is 1.37. The Morgan fingerprint density at radius 1 is 1.07 bits per heavy atom. The number of quaternary nitrogens is 1. The molecule has 0 aromatic heterocycles. The number of carbonyl (C=O) groups excluding carboxylic acids is 1. The zero-order chi connectivity index (χ0) is 18.2. The van der Waals surface area contributed by atoms with E-state index in [9.17, 15) is 4.79 Å². The molecule has 0 unspecified atom stereocenters. The highest BCUT2D eigenvalue weighted by atomic mass is 16.5. The molecular weight excluding hydrogens is 340 g/mol. The molecule has 1 N–H and O–H groups in total. The molecule has 3 heterocycles. The Morgan fingerprint density at radius 3 is 2.78 bits per heavy atom. The minimum atomic E-state index is -0.347. The van der Waals surface area contributed by atoms with E-state index in [1.54, 1.807) is 0 Å². The molecule has 5 rings (SSSR count). The van der Waals surface area contributed by atoms with Gasteiger partial charge in [-0.15, -0.1) is 0 Å². The lowest BCUT2D eigenvalue weighted by atomic mass is 10.1. The van der Waals surface area contributed by atoms with E-state index in [2.05, 4.69) is 18.2 Å². The van der Waals surface area contributed by atoms with Crippen molar-refractivity contribution in [2.24, 2.45) is 0 Å².